The van der Waals surface area contributed by atoms with Gasteiger partial charge in [0.2, 0.25) is 15.9 Å². The highest BCUT2D eigenvalue weighted by Gasteiger charge is 2.35. The number of benzene rings is 2. The number of hydrogen-bond donors (Lipinski definition) is 0. The van der Waals surface area contributed by atoms with E-state index in [2.05, 4.69) is 6.07 Å². The van der Waals surface area contributed by atoms with Crippen LogP contribution in [0, 0.1) is 12.8 Å². The second-order valence-corrected chi connectivity index (χ2v) is 9.57. The number of piperidine rings is 1. The quantitative estimate of drug-likeness (QED) is 0.796. The minimum absolute atomic E-state index is 0.116. The van der Waals surface area contributed by atoms with Crippen LogP contribution in [0.15, 0.2) is 53.4 Å². The zero-order valence-corrected chi connectivity index (χ0v) is 17.0. The lowest BCUT2D eigenvalue weighted by Gasteiger charge is -2.36. The summed E-state index contributed by atoms with van der Waals surface area (Å²) >= 11 is 0. The lowest BCUT2D eigenvalue weighted by Crippen LogP contribution is -2.45. The normalized spacial score (nSPS) is 18.7. The summed E-state index contributed by atoms with van der Waals surface area (Å²) in [6.45, 7) is 3.35. The highest BCUT2D eigenvalue weighted by atomic mass is 32.2. The number of anilines is 1. The maximum Gasteiger partial charge on any atom is 0.243 e. The summed E-state index contributed by atoms with van der Waals surface area (Å²) in [6, 6.07) is 15.2. The number of nitrogens with zero attached hydrogens (tertiary/aromatic N) is 2. The van der Waals surface area contributed by atoms with Crippen molar-refractivity contribution in [1.29, 1.82) is 0 Å². The van der Waals surface area contributed by atoms with Gasteiger partial charge in [0.1, 0.15) is 0 Å². The van der Waals surface area contributed by atoms with Gasteiger partial charge in [-0.05, 0) is 55.9 Å². The molecule has 5 nitrogen and oxygen atoms in total. The van der Waals surface area contributed by atoms with Crippen LogP contribution in [0.25, 0.3) is 0 Å². The van der Waals surface area contributed by atoms with Gasteiger partial charge in [-0.15, -0.1) is 0 Å². The van der Waals surface area contributed by atoms with Crippen LogP contribution in [0.3, 0.4) is 0 Å². The largest absolute Gasteiger partial charge is 0.312 e. The molecule has 1 saturated heterocycles. The lowest BCUT2D eigenvalue weighted by atomic mass is 9.94. The number of rotatable bonds is 3. The van der Waals surface area contributed by atoms with E-state index in [1.54, 1.807) is 12.1 Å². The summed E-state index contributed by atoms with van der Waals surface area (Å²) in [4.78, 5) is 15.4. The molecule has 6 heteroatoms. The molecule has 0 N–H and O–H groups in total. The molecule has 1 fully saturated rings. The summed E-state index contributed by atoms with van der Waals surface area (Å²) in [5.41, 5.74) is 3.00. The Morgan fingerprint density at radius 2 is 1.64 bits per heavy atom. The van der Waals surface area contributed by atoms with E-state index in [0.29, 0.717) is 30.8 Å². The SMILES string of the molecule is Cc1ccccc1S(=O)(=O)N1CCC(C(=O)N2CCCc3ccccc32)CC1. The number of carbonyl (C=O) groups is 1. The molecule has 0 aromatic heterocycles. The third-order valence-corrected chi connectivity index (χ3v) is 7.95. The van der Waals surface area contributed by atoms with Gasteiger partial charge in [0, 0.05) is 31.2 Å². The first-order chi connectivity index (χ1) is 13.5. The number of sulfonamides is 1. The molecule has 0 saturated carbocycles. The topological polar surface area (TPSA) is 57.7 Å². The van der Waals surface area contributed by atoms with Crippen LogP contribution in [0.2, 0.25) is 0 Å². The second-order valence-electron chi connectivity index (χ2n) is 7.67. The Labute approximate surface area is 167 Å². The van der Waals surface area contributed by atoms with E-state index in [1.807, 2.05) is 42.2 Å². The molecule has 4 rings (SSSR count). The van der Waals surface area contributed by atoms with E-state index < -0.39 is 10.0 Å². The van der Waals surface area contributed by atoms with Gasteiger partial charge in [-0.1, -0.05) is 36.4 Å². The lowest BCUT2D eigenvalue weighted by molar-refractivity contribution is -0.123. The Kier molecular flexibility index (Phi) is 5.25. The first kappa shape index (κ1) is 19.2. The van der Waals surface area contributed by atoms with Crippen LogP contribution in [0.5, 0.6) is 0 Å². The van der Waals surface area contributed by atoms with Crippen molar-refractivity contribution in [2.45, 2.75) is 37.5 Å². The number of carbonyl (C=O) groups excluding carboxylic acids is 1. The van der Waals surface area contributed by atoms with Crippen molar-refractivity contribution in [3.8, 4) is 0 Å². The van der Waals surface area contributed by atoms with Crippen LogP contribution >= 0.6 is 0 Å². The van der Waals surface area contributed by atoms with Gasteiger partial charge in [0.25, 0.3) is 0 Å². The molecule has 0 aliphatic carbocycles. The first-order valence-electron chi connectivity index (χ1n) is 9.93. The van der Waals surface area contributed by atoms with Gasteiger partial charge in [-0.25, -0.2) is 8.42 Å². The van der Waals surface area contributed by atoms with Gasteiger partial charge in [0.15, 0.2) is 0 Å². The summed E-state index contributed by atoms with van der Waals surface area (Å²) in [5.74, 6) is 0.0227. The molecule has 0 radical (unpaired) electrons. The molecule has 0 unspecified atom stereocenters. The molecule has 2 aliphatic rings. The molecular weight excluding hydrogens is 372 g/mol. The van der Waals surface area contributed by atoms with Crippen LogP contribution in [0.4, 0.5) is 5.69 Å². The molecule has 0 atom stereocenters. The van der Waals surface area contributed by atoms with E-state index in [1.165, 1.54) is 9.87 Å². The monoisotopic (exact) mass is 398 g/mol. The second kappa shape index (κ2) is 7.68. The third-order valence-electron chi connectivity index (χ3n) is 5.89. The highest BCUT2D eigenvalue weighted by molar-refractivity contribution is 7.89. The minimum Gasteiger partial charge on any atom is -0.312 e. The van der Waals surface area contributed by atoms with Crippen LogP contribution in [-0.4, -0.2) is 38.3 Å². The Morgan fingerprint density at radius 3 is 2.39 bits per heavy atom. The Bertz CT molecular complexity index is 979. The number of aryl methyl sites for hydroxylation is 2. The molecular formula is C22H26N2O3S. The zero-order chi connectivity index (χ0) is 19.7. The van der Waals surface area contributed by atoms with Gasteiger partial charge < -0.3 is 4.90 Å². The smallest absolute Gasteiger partial charge is 0.243 e. The van der Waals surface area contributed by atoms with Crippen molar-refractivity contribution in [2.75, 3.05) is 24.5 Å². The fraction of sp³-hybridized carbons (Fsp3) is 0.409. The number of fused-ring (bicyclic) bond motifs is 1. The fourth-order valence-corrected chi connectivity index (χ4v) is 6.01. The molecule has 2 aromatic carbocycles. The molecule has 2 heterocycles. The van der Waals surface area contributed by atoms with Crippen LogP contribution in [0.1, 0.15) is 30.4 Å². The first-order valence-corrected chi connectivity index (χ1v) is 11.4. The Balaban J connectivity index is 1.46. The summed E-state index contributed by atoms with van der Waals surface area (Å²) in [7, 11) is -3.51. The summed E-state index contributed by atoms with van der Waals surface area (Å²) in [6.07, 6.45) is 3.13. The fourth-order valence-electron chi connectivity index (χ4n) is 4.31. The number of para-hydroxylation sites is 1. The van der Waals surface area contributed by atoms with Crippen molar-refractivity contribution in [3.05, 3.63) is 59.7 Å². The molecule has 148 valence electrons. The van der Waals surface area contributed by atoms with E-state index in [0.717, 1.165) is 30.6 Å². The van der Waals surface area contributed by atoms with E-state index in [9.17, 15) is 13.2 Å². The van der Waals surface area contributed by atoms with Gasteiger partial charge >= 0.3 is 0 Å². The Morgan fingerprint density at radius 1 is 0.964 bits per heavy atom. The predicted molar refractivity (Wildman–Crippen MR) is 110 cm³/mol. The number of hydrogen-bond acceptors (Lipinski definition) is 3. The molecule has 2 aliphatic heterocycles. The highest BCUT2D eigenvalue weighted by Crippen LogP contribution is 2.31. The van der Waals surface area contributed by atoms with Crippen molar-refractivity contribution in [1.82, 2.24) is 4.31 Å². The predicted octanol–water partition coefficient (Wildman–Crippen LogP) is 3.38. The summed E-state index contributed by atoms with van der Waals surface area (Å²) < 4.78 is 27.5. The van der Waals surface area contributed by atoms with Crippen molar-refractivity contribution in [2.24, 2.45) is 5.92 Å². The minimum atomic E-state index is -3.51. The maximum atomic E-state index is 13.2. The van der Waals surface area contributed by atoms with E-state index in [4.69, 9.17) is 0 Å². The van der Waals surface area contributed by atoms with Crippen LogP contribution in [-0.2, 0) is 21.2 Å². The summed E-state index contributed by atoms with van der Waals surface area (Å²) in [5, 5.41) is 0. The molecule has 2 aromatic rings. The average Bonchev–Trinajstić information content (AvgIpc) is 2.73. The average molecular weight is 399 g/mol. The molecule has 0 bridgehead atoms. The van der Waals surface area contributed by atoms with Gasteiger partial charge in [-0.2, -0.15) is 4.31 Å². The Hall–Kier alpha value is -2.18. The molecule has 28 heavy (non-hydrogen) atoms. The molecule has 1 amide bonds. The standard InChI is InChI=1S/C22H26N2O3S/c1-17-7-2-5-11-21(17)28(26,27)23-15-12-19(13-16-23)22(25)24-14-6-9-18-8-3-4-10-20(18)24/h2-5,7-8,10-11,19H,6,9,12-16H2,1H3. The zero-order valence-electron chi connectivity index (χ0n) is 16.2. The maximum absolute atomic E-state index is 13.2. The van der Waals surface area contributed by atoms with Gasteiger partial charge in [-0.3, -0.25) is 4.79 Å². The molecule has 0 spiro atoms. The van der Waals surface area contributed by atoms with Crippen molar-refractivity contribution < 1.29 is 13.2 Å². The van der Waals surface area contributed by atoms with E-state index in [-0.39, 0.29) is 11.8 Å². The van der Waals surface area contributed by atoms with Crippen LogP contribution < -0.4 is 4.90 Å². The third kappa shape index (κ3) is 3.47. The van der Waals surface area contributed by atoms with Crippen molar-refractivity contribution >= 4 is 21.6 Å². The number of amides is 1. The van der Waals surface area contributed by atoms with E-state index >= 15 is 0 Å². The van der Waals surface area contributed by atoms with Crippen molar-refractivity contribution in [3.63, 3.8) is 0 Å². The van der Waals surface area contributed by atoms with Gasteiger partial charge in [0.05, 0.1) is 4.90 Å².